The van der Waals surface area contributed by atoms with Crippen LogP contribution in [0.1, 0.15) is 15.9 Å². The summed E-state index contributed by atoms with van der Waals surface area (Å²) in [4.78, 5) is 12.9. The second-order valence-corrected chi connectivity index (χ2v) is 9.25. The van der Waals surface area contributed by atoms with Gasteiger partial charge < -0.3 is 5.32 Å². The van der Waals surface area contributed by atoms with Crippen molar-refractivity contribution in [1.29, 1.82) is 0 Å². The molecule has 0 saturated carbocycles. The lowest BCUT2D eigenvalue weighted by atomic mass is 10.1. The first-order chi connectivity index (χ1) is 14.3. The first-order valence-corrected chi connectivity index (χ1v) is 11.2. The molecule has 1 amide bonds. The number of aryl methyl sites for hydroxylation is 1. The maximum atomic E-state index is 12.9. The second kappa shape index (κ2) is 7.92. The van der Waals surface area contributed by atoms with E-state index in [1.54, 1.807) is 61.7 Å². The third-order valence-corrected chi connectivity index (χ3v) is 6.61. The van der Waals surface area contributed by atoms with Crippen LogP contribution in [-0.2, 0) is 10.0 Å². The number of benzene rings is 3. The maximum Gasteiger partial charge on any atom is 0.262 e. The van der Waals surface area contributed by atoms with Crippen LogP contribution in [0.4, 0.5) is 11.4 Å². The Morgan fingerprint density at radius 3 is 2.53 bits per heavy atom. The van der Waals surface area contributed by atoms with Gasteiger partial charge in [0.2, 0.25) is 0 Å². The summed E-state index contributed by atoms with van der Waals surface area (Å²) >= 11 is 3.32. The molecule has 1 aromatic heterocycles. The largest absolute Gasteiger partial charge is 0.322 e. The van der Waals surface area contributed by atoms with Gasteiger partial charge in [0, 0.05) is 21.2 Å². The molecule has 3 N–H and O–H groups in total. The van der Waals surface area contributed by atoms with Gasteiger partial charge in [-0.2, -0.15) is 5.10 Å². The van der Waals surface area contributed by atoms with Crippen LogP contribution in [0, 0.1) is 6.92 Å². The summed E-state index contributed by atoms with van der Waals surface area (Å²) in [7, 11) is -3.84. The van der Waals surface area contributed by atoms with Gasteiger partial charge in [0.05, 0.1) is 22.2 Å². The van der Waals surface area contributed by atoms with Gasteiger partial charge in [0.1, 0.15) is 0 Å². The summed E-state index contributed by atoms with van der Waals surface area (Å²) in [5.41, 5.74) is 2.42. The molecule has 0 spiro atoms. The van der Waals surface area contributed by atoms with Gasteiger partial charge in [0.25, 0.3) is 15.9 Å². The van der Waals surface area contributed by atoms with E-state index in [2.05, 4.69) is 36.2 Å². The molecule has 4 aromatic rings. The fourth-order valence-electron chi connectivity index (χ4n) is 3.05. The molecule has 30 heavy (non-hydrogen) atoms. The Morgan fingerprint density at radius 1 is 1.03 bits per heavy atom. The fraction of sp³-hybridized carbons (Fsp3) is 0.0476. The molecule has 0 saturated heterocycles. The van der Waals surface area contributed by atoms with Crippen molar-refractivity contribution in [2.75, 3.05) is 10.0 Å². The SMILES string of the molecule is Cc1ccc(NC(=O)c2cccc3cn[nH]c23)cc1S(=O)(=O)Nc1ccc(Br)cc1. The Bertz CT molecular complexity index is 1350. The van der Waals surface area contributed by atoms with Gasteiger partial charge in [-0.3, -0.25) is 14.6 Å². The number of carbonyl (C=O) groups excluding carboxylic acids is 1. The van der Waals surface area contributed by atoms with Gasteiger partial charge in [-0.15, -0.1) is 0 Å². The third kappa shape index (κ3) is 4.07. The fourth-order valence-corrected chi connectivity index (χ4v) is 4.65. The minimum Gasteiger partial charge on any atom is -0.322 e. The Kier molecular flexibility index (Phi) is 5.31. The van der Waals surface area contributed by atoms with Crippen LogP contribution in [0.5, 0.6) is 0 Å². The highest BCUT2D eigenvalue weighted by Gasteiger charge is 2.19. The van der Waals surface area contributed by atoms with Crippen LogP contribution in [0.2, 0.25) is 0 Å². The van der Waals surface area contributed by atoms with E-state index in [-0.39, 0.29) is 10.8 Å². The van der Waals surface area contributed by atoms with E-state index in [4.69, 9.17) is 0 Å². The number of anilines is 2. The lowest BCUT2D eigenvalue weighted by molar-refractivity contribution is 0.102. The number of sulfonamides is 1. The Labute approximate surface area is 181 Å². The van der Waals surface area contributed by atoms with E-state index in [0.29, 0.717) is 28.0 Å². The second-order valence-electron chi connectivity index (χ2n) is 6.69. The molecule has 1 heterocycles. The van der Waals surface area contributed by atoms with Gasteiger partial charge in [-0.25, -0.2) is 8.42 Å². The number of carbonyl (C=O) groups is 1. The number of rotatable bonds is 5. The van der Waals surface area contributed by atoms with E-state index in [1.165, 1.54) is 6.07 Å². The monoisotopic (exact) mass is 484 g/mol. The number of nitrogens with zero attached hydrogens (tertiary/aromatic N) is 1. The first-order valence-electron chi connectivity index (χ1n) is 8.96. The quantitative estimate of drug-likeness (QED) is 0.382. The predicted octanol–water partition coefficient (Wildman–Crippen LogP) is 4.69. The lowest BCUT2D eigenvalue weighted by Gasteiger charge is -2.13. The minimum absolute atomic E-state index is 0.0861. The molecule has 4 rings (SSSR count). The molecule has 0 bridgehead atoms. The van der Waals surface area contributed by atoms with Gasteiger partial charge in [-0.05, 0) is 55.0 Å². The summed E-state index contributed by atoms with van der Waals surface area (Å²) in [5, 5.41) is 10.3. The minimum atomic E-state index is -3.84. The van der Waals surface area contributed by atoms with Crippen molar-refractivity contribution in [3.8, 4) is 0 Å². The molecule has 3 aromatic carbocycles. The number of hydrogen-bond acceptors (Lipinski definition) is 4. The number of aromatic nitrogens is 2. The van der Waals surface area contributed by atoms with Crippen molar-refractivity contribution in [2.24, 2.45) is 0 Å². The van der Waals surface area contributed by atoms with Crippen molar-refractivity contribution in [1.82, 2.24) is 10.2 Å². The number of amides is 1. The zero-order valence-electron chi connectivity index (χ0n) is 15.8. The smallest absolute Gasteiger partial charge is 0.262 e. The number of para-hydroxylation sites is 1. The number of hydrogen-bond donors (Lipinski definition) is 3. The molecule has 0 radical (unpaired) electrons. The number of aromatic amines is 1. The molecule has 9 heteroatoms. The topological polar surface area (TPSA) is 104 Å². The molecule has 0 fully saturated rings. The number of fused-ring (bicyclic) bond motifs is 1. The van der Waals surface area contributed by atoms with E-state index >= 15 is 0 Å². The van der Waals surface area contributed by atoms with Crippen LogP contribution in [0.25, 0.3) is 10.9 Å². The Morgan fingerprint density at radius 2 is 1.77 bits per heavy atom. The Balaban J connectivity index is 1.62. The standard InChI is InChI=1S/C21H17BrN4O3S/c1-13-5-8-17(24-21(27)18-4-2-3-14-12-23-25-20(14)18)11-19(13)30(28,29)26-16-9-6-15(22)7-10-16/h2-12,26H,1H3,(H,23,25)(H,24,27). The highest BCUT2D eigenvalue weighted by Crippen LogP contribution is 2.25. The molecule has 152 valence electrons. The molecule has 0 unspecified atom stereocenters. The summed E-state index contributed by atoms with van der Waals surface area (Å²) in [6, 6.07) is 16.9. The molecule has 0 aliphatic rings. The van der Waals surface area contributed by atoms with Gasteiger partial charge >= 0.3 is 0 Å². The molecular weight excluding hydrogens is 468 g/mol. The highest BCUT2D eigenvalue weighted by atomic mass is 79.9. The summed E-state index contributed by atoms with van der Waals surface area (Å²) in [6.45, 7) is 1.70. The zero-order valence-corrected chi connectivity index (χ0v) is 18.2. The van der Waals surface area contributed by atoms with Gasteiger partial charge in [-0.1, -0.05) is 34.1 Å². The average Bonchev–Trinajstić information content (AvgIpc) is 3.19. The van der Waals surface area contributed by atoms with Crippen molar-refractivity contribution in [3.63, 3.8) is 0 Å². The molecule has 0 aliphatic carbocycles. The van der Waals surface area contributed by atoms with Crippen molar-refractivity contribution in [2.45, 2.75) is 11.8 Å². The van der Waals surface area contributed by atoms with E-state index in [1.807, 2.05) is 6.07 Å². The van der Waals surface area contributed by atoms with Gasteiger partial charge in [0.15, 0.2) is 0 Å². The molecule has 0 atom stereocenters. The van der Waals surface area contributed by atoms with Crippen LogP contribution in [0.3, 0.4) is 0 Å². The van der Waals surface area contributed by atoms with Crippen LogP contribution in [-0.4, -0.2) is 24.5 Å². The first kappa shape index (κ1) is 20.1. The van der Waals surface area contributed by atoms with E-state index in [9.17, 15) is 13.2 Å². The highest BCUT2D eigenvalue weighted by molar-refractivity contribution is 9.10. The van der Waals surface area contributed by atoms with E-state index < -0.39 is 10.0 Å². The van der Waals surface area contributed by atoms with Crippen molar-refractivity contribution >= 4 is 54.1 Å². The Hall–Kier alpha value is -3.17. The van der Waals surface area contributed by atoms with Crippen molar-refractivity contribution in [3.05, 3.63) is 82.5 Å². The summed E-state index contributed by atoms with van der Waals surface area (Å²) < 4.78 is 29.2. The summed E-state index contributed by atoms with van der Waals surface area (Å²) in [6.07, 6.45) is 1.64. The van der Waals surface area contributed by atoms with E-state index in [0.717, 1.165) is 9.86 Å². The van der Waals surface area contributed by atoms with Crippen molar-refractivity contribution < 1.29 is 13.2 Å². The number of nitrogens with one attached hydrogen (secondary N) is 3. The lowest BCUT2D eigenvalue weighted by Crippen LogP contribution is -2.16. The molecule has 7 nitrogen and oxygen atoms in total. The zero-order chi connectivity index (χ0) is 21.3. The molecular formula is C21H17BrN4O3S. The number of halogens is 1. The average molecular weight is 485 g/mol. The number of H-pyrrole nitrogens is 1. The van der Waals surface area contributed by atoms with Crippen LogP contribution in [0.15, 0.2) is 76.2 Å². The normalized spacial score (nSPS) is 11.4. The van der Waals surface area contributed by atoms with Crippen LogP contribution >= 0.6 is 15.9 Å². The van der Waals surface area contributed by atoms with Crippen LogP contribution < -0.4 is 10.0 Å². The summed E-state index contributed by atoms with van der Waals surface area (Å²) in [5.74, 6) is -0.363. The third-order valence-electron chi connectivity index (χ3n) is 4.55. The maximum absolute atomic E-state index is 12.9. The predicted molar refractivity (Wildman–Crippen MR) is 120 cm³/mol. The molecule has 0 aliphatic heterocycles.